The molecular formula is C13H11BrFNO. The molecule has 2 rings (SSSR count). The SMILES string of the molecule is Cc1cc(OCc2ccc(Br)cn2)ccc1F. The third-order valence-corrected chi connectivity index (χ3v) is 2.77. The summed E-state index contributed by atoms with van der Waals surface area (Å²) in [5, 5.41) is 0. The number of hydrogen-bond acceptors (Lipinski definition) is 2. The summed E-state index contributed by atoms with van der Waals surface area (Å²) in [5.41, 5.74) is 1.40. The molecule has 17 heavy (non-hydrogen) atoms. The van der Waals surface area contributed by atoms with Crippen LogP contribution in [0.4, 0.5) is 4.39 Å². The highest BCUT2D eigenvalue weighted by atomic mass is 79.9. The van der Waals surface area contributed by atoms with Crippen LogP contribution >= 0.6 is 15.9 Å². The summed E-state index contributed by atoms with van der Waals surface area (Å²) in [7, 11) is 0. The Morgan fingerprint density at radius 1 is 1.29 bits per heavy atom. The molecule has 1 aromatic carbocycles. The van der Waals surface area contributed by atoms with E-state index in [9.17, 15) is 4.39 Å². The van der Waals surface area contributed by atoms with Gasteiger partial charge in [-0.15, -0.1) is 0 Å². The fourth-order valence-electron chi connectivity index (χ4n) is 1.36. The van der Waals surface area contributed by atoms with Crippen molar-refractivity contribution in [3.63, 3.8) is 0 Å². The van der Waals surface area contributed by atoms with Gasteiger partial charge in [-0.25, -0.2) is 4.39 Å². The Labute approximate surface area is 108 Å². The van der Waals surface area contributed by atoms with Crippen LogP contribution in [0.5, 0.6) is 5.75 Å². The van der Waals surface area contributed by atoms with E-state index in [1.54, 1.807) is 25.3 Å². The second kappa shape index (κ2) is 5.27. The molecule has 0 N–H and O–H groups in total. The first-order valence-corrected chi connectivity index (χ1v) is 5.94. The molecule has 88 valence electrons. The van der Waals surface area contributed by atoms with Crippen molar-refractivity contribution in [2.75, 3.05) is 0 Å². The molecule has 0 fully saturated rings. The van der Waals surface area contributed by atoms with E-state index < -0.39 is 0 Å². The van der Waals surface area contributed by atoms with Crippen LogP contribution in [-0.2, 0) is 6.61 Å². The number of nitrogens with zero attached hydrogens (tertiary/aromatic N) is 1. The monoisotopic (exact) mass is 295 g/mol. The molecule has 1 heterocycles. The largest absolute Gasteiger partial charge is 0.487 e. The number of ether oxygens (including phenoxy) is 1. The van der Waals surface area contributed by atoms with Gasteiger partial charge in [0.1, 0.15) is 18.2 Å². The Kier molecular flexibility index (Phi) is 3.74. The molecule has 0 aliphatic heterocycles. The van der Waals surface area contributed by atoms with Crippen molar-refractivity contribution in [1.82, 2.24) is 4.98 Å². The van der Waals surface area contributed by atoms with Crippen molar-refractivity contribution in [2.45, 2.75) is 13.5 Å². The zero-order valence-corrected chi connectivity index (χ0v) is 10.9. The van der Waals surface area contributed by atoms with Gasteiger partial charge in [-0.2, -0.15) is 0 Å². The van der Waals surface area contributed by atoms with Crippen LogP contribution in [0.1, 0.15) is 11.3 Å². The van der Waals surface area contributed by atoms with Crippen LogP contribution in [0.25, 0.3) is 0 Å². The average Bonchev–Trinajstić information content (AvgIpc) is 2.33. The summed E-state index contributed by atoms with van der Waals surface area (Å²) in [6, 6.07) is 8.47. The number of aromatic nitrogens is 1. The molecule has 0 atom stereocenters. The van der Waals surface area contributed by atoms with Gasteiger partial charge in [-0.3, -0.25) is 4.98 Å². The van der Waals surface area contributed by atoms with Gasteiger partial charge >= 0.3 is 0 Å². The minimum absolute atomic E-state index is 0.223. The molecule has 0 saturated carbocycles. The maximum atomic E-state index is 13.0. The van der Waals surface area contributed by atoms with Gasteiger partial charge in [0.05, 0.1) is 5.69 Å². The van der Waals surface area contributed by atoms with E-state index in [0.717, 1.165) is 10.2 Å². The summed E-state index contributed by atoms with van der Waals surface area (Å²) in [6.45, 7) is 2.08. The Balaban J connectivity index is 2.02. The van der Waals surface area contributed by atoms with E-state index in [0.29, 0.717) is 17.9 Å². The summed E-state index contributed by atoms with van der Waals surface area (Å²) < 4.78 is 19.5. The van der Waals surface area contributed by atoms with Gasteiger partial charge in [0.2, 0.25) is 0 Å². The molecule has 4 heteroatoms. The van der Waals surface area contributed by atoms with Gasteiger partial charge in [-0.05, 0) is 58.7 Å². The Hall–Kier alpha value is -1.42. The van der Waals surface area contributed by atoms with Gasteiger partial charge in [0.25, 0.3) is 0 Å². The zero-order valence-electron chi connectivity index (χ0n) is 9.28. The Bertz CT molecular complexity index is 513. The second-order valence-electron chi connectivity index (χ2n) is 3.67. The van der Waals surface area contributed by atoms with E-state index in [1.807, 2.05) is 12.1 Å². The third-order valence-electron chi connectivity index (χ3n) is 2.30. The standard InChI is InChI=1S/C13H11BrFNO/c1-9-6-12(4-5-13(9)15)17-8-11-3-2-10(14)7-16-11/h2-7H,8H2,1H3. The highest BCUT2D eigenvalue weighted by Crippen LogP contribution is 2.17. The lowest BCUT2D eigenvalue weighted by Crippen LogP contribution is -1.98. The summed E-state index contributed by atoms with van der Waals surface area (Å²) >= 11 is 3.31. The molecule has 0 aliphatic rings. The van der Waals surface area contributed by atoms with Crippen molar-refractivity contribution in [1.29, 1.82) is 0 Å². The van der Waals surface area contributed by atoms with Crippen LogP contribution in [0.15, 0.2) is 41.0 Å². The van der Waals surface area contributed by atoms with Crippen LogP contribution in [0.2, 0.25) is 0 Å². The number of pyridine rings is 1. The first-order chi connectivity index (χ1) is 8.15. The van der Waals surface area contributed by atoms with Crippen molar-refractivity contribution >= 4 is 15.9 Å². The number of benzene rings is 1. The molecule has 0 amide bonds. The molecule has 0 unspecified atom stereocenters. The number of aryl methyl sites for hydroxylation is 1. The first-order valence-electron chi connectivity index (χ1n) is 5.14. The Morgan fingerprint density at radius 3 is 2.76 bits per heavy atom. The minimum atomic E-state index is -0.223. The van der Waals surface area contributed by atoms with Crippen molar-refractivity contribution < 1.29 is 9.13 Å². The fourth-order valence-corrected chi connectivity index (χ4v) is 1.59. The molecule has 2 aromatic rings. The molecule has 1 aromatic heterocycles. The third kappa shape index (κ3) is 3.27. The van der Waals surface area contributed by atoms with Gasteiger partial charge in [0.15, 0.2) is 0 Å². The lowest BCUT2D eigenvalue weighted by Gasteiger charge is -2.06. The predicted molar refractivity (Wildman–Crippen MR) is 67.4 cm³/mol. The van der Waals surface area contributed by atoms with E-state index in [4.69, 9.17) is 4.74 Å². The van der Waals surface area contributed by atoms with Crippen LogP contribution < -0.4 is 4.74 Å². The number of rotatable bonds is 3. The van der Waals surface area contributed by atoms with Crippen molar-refractivity contribution in [3.05, 3.63) is 58.1 Å². The molecule has 0 bridgehead atoms. The summed E-state index contributed by atoms with van der Waals surface area (Å²) in [4.78, 5) is 4.19. The molecule has 0 radical (unpaired) electrons. The van der Waals surface area contributed by atoms with Crippen molar-refractivity contribution in [2.24, 2.45) is 0 Å². The molecule has 2 nitrogen and oxygen atoms in total. The molecule has 0 aliphatic carbocycles. The van der Waals surface area contributed by atoms with Crippen molar-refractivity contribution in [3.8, 4) is 5.75 Å². The minimum Gasteiger partial charge on any atom is -0.487 e. The van der Waals surface area contributed by atoms with Crippen LogP contribution in [-0.4, -0.2) is 4.98 Å². The quantitative estimate of drug-likeness (QED) is 0.857. The number of halogens is 2. The average molecular weight is 296 g/mol. The van der Waals surface area contributed by atoms with Crippen LogP contribution in [0, 0.1) is 12.7 Å². The fraction of sp³-hybridized carbons (Fsp3) is 0.154. The highest BCUT2D eigenvalue weighted by molar-refractivity contribution is 9.10. The number of hydrogen-bond donors (Lipinski definition) is 0. The topological polar surface area (TPSA) is 22.1 Å². The van der Waals surface area contributed by atoms with E-state index in [2.05, 4.69) is 20.9 Å². The summed E-state index contributed by atoms with van der Waals surface area (Å²) in [6.07, 6.45) is 1.72. The Morgan fingerprint density at radius 2 is 2.12 bits per heavy atom. The van der Waals surface area contributed by atoms with Gasteiger partial charge in [-0.1, -0.05) is 0 Å². The first kappa shape index (κ1) is 12.0. The zero-order chi connectivity index (χ0) is 12.3. The van der Waals surface area contributed by atoms with Gasteiger partial charge < -0.3 is 4.74 Å². The predicted octanol–water partition coefficient (Wildman–Crippen LogP) is 3.87. The van der Waals surface area contributed by atoms with Gasteiger partial charge in [0, 0.05) is 10.7 Å². The lowest BCUT2D eigenvalue weighted by molar-refractivity contribution is 0.300. The van der Waals surface area contributed by atoms with E-state index >= 15 is 0 Å². The smallest absolute Gasteiger partial charge is 0.130 e. The highest BCUT2D eigenvalue weighted by Gasteiger charge is 2.01. The molecule has 0 saturated heterocycles. The second-order valence-corrected chi connectivity index (χ2v) is 4.58. The molecule has 0 spiro atoms. The summed E-state index contributed by atoms with van der Waals surface area (Å²) in [5.74, 6) is 0.424. The lowest BCUT2D eigenvalue weighted by atomic mass is 10.2. The maximum absolute atomic E-state index is 13.0. The van der Waals surface area contributed by atoms with E-state index in [1.165, 1.54) is 6.07 Å². The van der Waals surface area contributed by atoms with Crippen LogP contribution in [0.3, 0.4) is 0 Å². The van der Waals surface area contributed by atoms with E-state index in [-0.39, 0.29) is 5.82 Å². The molecular weight excluding hydrogens is 285 g/mol. The normalized spacial score (nSPS) is 10.3. The maximum Gasteiger partial charge on any atom is 0.130 e.